The molecule has 27 heavy (non-hydrogen) atoms. The van der Waals surface area contributed by atoms with E-state index in [0.29, 0.717) is 13.1 Å². The van der Waals surface area contributed by atoms with Gasteiger partial charge < -0.3 is 20.9 Å². The minimum atomic E-state index is -0.608. The zero-order chi connectivity index (χ0) is 18.2. The van der Waals surface area contributed by atoms with Crippen molar-refractivity contribution in [1.29, 1.82) is 0 Å². The van der Waals surface area contributed by atoms with Gasteiger partial charge in [-0.15, -0.1) is 24.8 Å². The fourth-order valence-electron chi connectivity index (χ4n) is 2.31. The quantitative estimate of drug-likeness (QED) is 0.607. The summed E-state index contributed by atoms with van der Waals surface area (Å²) >= 11 is 0. The molecule has 0 aliphatic rings. The van der Waals surface area contributed by atoms with Crippen molar-refractivity contribution in [2.75, 3.05) is 6.54 Å². The summed E-state index contributed by atoms with van der Waals surface area (Å²) in [5.74, 6) is -0.537. The van der Waals surface area contributed by atoms with Crippen molar-refractivity contribution >= 4 is 36.6 Å². The molecule has 0 fully saturated rings. The number of benzene rings is 1. The van der Waals surface area contributed by atoms with E-state index in [1.165, 1.54) is 0 Å². The molecule has 0 aliphatic carbocycles. The molecule has 0 saturated heterocycles. The van der Waals surface area contributed by atoms with Crippen LogP contribution in [0.3, 0.4) is 0 Å². The first kappa shape index (κ1) is 24.9. The van der Waals surface area contributed by atoms with Gasteiger partial charge >= 0.3 is 0 Å². The molecule has 1 aromatic heterocycles. The minimum Gasteiger partial charge on any atom is -0.350 e. The zero-order valence-corrected chi connectivity index (χ0v) is 17.1. The van der Waals surface area contributed by atoms with E-state index >= 15 is 0 Å². The number of carbonyl (C=O) groups is 2. The Morgan fingerprint density at radius 3 is 2.41 bits per heavy atom. The summed E-state index contributed by atoms with van der Waals surface area (Å²) in [6, 6.07) is 7.28. The summed E-state index contributed by atoms with van der Waals surface area (Å²) in [5, 5.41) is 5.39. The molecule has 0 radical (unpaired) electrons. The van der Waals surface area contributed by atoms with Gasteiger partial charge in [-0.25, -0.2) is 4.98 Å². The third kappa shape index (κ3) is 7.99. The fourth-order valence-corrected chi connectivity index (χ4v) is 2.31. The molecule has 1 atom stereocenters. The molecule has 4 N–H and O–H groups in total. The van der Waals surface area contributed by atoms with Crippen LogP contribution in [-0.4, -0.2) is 34.0 Å². The minimum absolute atomic E-state index is 0. The number of amides is 2. The van der Waals surface area contributed by atoms with E-state index in [1.54, 1.807) is 12.5 Å². The monoisotopic (exact) mass is 415 g/mol. The Labute approximate surface area is 171 Å². The molecule has 0 aliphatic heterocycles. The second-order valence-electron chi connectivity index (χ2n) is 6.27. The lowest BCUT2D eigenvalue weighted by Gasteiger charge is -2.15. The van der Waals surface area contributed by atoms with Crippen LogP contribution < -0.4 is 16.4 Å². The van der Waals surface area contributed by atoms with Crippen LogP contribution in [0, 0.1) is 5.92 Å². The third-order valence-corrected chi connectivity index (χ3v) is 3.95. The Bertz CT molecular complexity index is 708. The number of nitrogens with two attached hydrogens (primary N) is 1. The van der Waals surface area contributed by atoms with Gasteiger partial charge in [0.15, 0.2) is 0 Å². The van der Waals surface area contributed by atoms with E-state index in [0.717, 1.165) is 11.1 Å². The number of rotatable bonds is 8. The largest absolute Gasteiger partial charge is 0.350 e. The van der Waals surface area contributed by atoms with Crippen LogP contribution in [-0.2, 0) is 22.7 Å². The Hall–Kier alpha value is -2.09. The SMILES string of the molecule is CC(C)[C@H](N)C(=O)NCC(=O)NCc1ccccc1Cn1ccnc1.Cl.Cl. The van der Waals surface area contributed by atoms with Crippen molar-refractivity contribution in [2.45, 2.75) is 33.0 Å². The van der Waals surface area contributed by atoms with Crippen LogP contribution >= 0.6 is 24.8 Å². The normalized spacial score (nSPS) is 11.1. The number of aromatic nitrogens is 2. The van der Waals surface area contributed by atoms with Gasteiger partial charge in [-0.2, -0.15) is 0 Å². The van der Waals surface area contributed by atoms with Crippen LogP contribution in [0.15, 0.2) is 43.0 Å². The second-order valence-corrected chi connectivity index (χ2v) is 6.27. The van der Waals surface area contributed by atoms with E-state index in [2.05, 4.69) is 15.6 Å². The molecular formula is C18H27Cl2N5O2. The lowest BCUT2D eigenvalue weighted by atomic mass is 10.1. The predicted octanol–water partition coefficient (Wildman–Crippen LogP) is 1.49. The van der Waals surface area contributed by atoms with Gasteiger partial charge in [0.05, 0.1) is 18.9 Å². The molecule has 2 rings (SSSR count). The average molecular weight is 416 g/mol. The van der Waals surface area contributed by atoms with Gasteiger partial charge in [-0.3, -0.25) is 9.59 Å². The van der Waals surface area contributed by atoms with Gasteiger partial charge in [-0.05, 0) is 17.0 Å². The molecule has 1 aromatic carbocycles. The van der Waals surface area contributed by atoms with Gasteiger partial charge in [0.2, 0.25) is 11.8 Å². The van der Waals surface area contributed by atoms with E-state index in [9.17, 15) is 9.59 Å². The highest BCUT2D eigenvalue weighted by molar-refractivity contribution is 5.87. The van der Waals surface area contributed by atoms with Crippen LogP contribution in [0.2, 0.25) is 0 Å². The highest BCUT2D eigenvalue weighted by atomic mass is 35.5. The molecule has 7 nitrogen and oxygen atoms in total. The van der Waals surface area contributed by atoms with Crippen molar-refractivity contribution in [3.05, 3.63) is 54.1 Å². The van der Waals surface area contributed by atoms with Crippen molar-refractivity contribution in [3.8, 4) is 0 Å². The molecule has 2 amide bonds. The van der Waals surface area contributed by atoms with E-state index < -0.39 is 6.04 Å². The molecular weight excluding hydrogens is 389 g/mol. The number of nitrogens with one attached hydrogen (secondary N) is 2. The van der Waals surface area contributed by atoms with Gasteiger partial charge in [0.1, 0.15) is 0 Å². The lowest BCUT2D eigenvalue weighted by Crippen LogP contribution is -2.47. The molecule has 0 spiro atoms. The van der Waals surface area contributed by atoms with Crippen molar-refractivity contribution < 1.29 is 9.59 Å². The van der Waals surface area contributed by atoms with Gasteiger partial charge in [0, 0.05) is 25.5 Å². The van der Waals surface area contributed by atoms with E-state index in [-0.39, 0.29) is 49.1 Å². The maximum absolute atomic E-state index is 12.0. The molecule has 150 valence electrons. The number of nitrogens with zero attached hydrogens (tertiary/aromatic N) is 2. The van der Waals surface area contributed by atoms with Crippen molar-refractivity contribution in [2.24, 2.45) is 11.7 Å². The maximum atomic E-state index is 12.0. The fraction of sp³-hybridized carbons (Fsp3) is 0.389. The number of halogens is 2. The van der Waals surface area contributed by atoms with Crippen LogP contribution in [0.4, 0.5) is 0 Å². The summed E-state index contributed by atoms with van der Waals surface area (Å²) in [6.45, 7) is 4.73. The predicted molar refractivity (Wildman–Crippen MR) is 110 cm³/mol. The number of imidazole rings is 1. The standard InChI is InChI=1S/C18H25N5O2.2ClH/c1-13(2)17(19)18(25)22-10-16(24)21-9-14-5-3-4-6-15(14)11-23-8-7-20-12-23;;/h3-8,12-13,17H,9-11,19H2,1-2H3,(H,21,24)(H,22,25);2*1H/t17-;;/m0../s1. The smallest absolute Gasteiger partial charge is 0.239 e. The van der Waals surface area contributed by atoms with Gasteiger partial charge in [-0.1, -0.05) is 38.1 Å². The average Bonchev–Trinajstić information content (AvgIpc) is 3.11. The summed E-state index contributed by atoms with van der Waals surface area (Å²) in [7, 11) is 0. The Morgan fingerprint density at radius 1 is 1.15 bits per heavy atom. The topological polar surface area (TPSA) is 102 Å². The number of hydrogen-bond acceptors (Lipinski definition) is 4. The lowest BCUT2D eigenvalue weighted by molar-refractivity contribution is -0.127. The first-order chi connectivity index (χ1) is 12.0. The first-order valence-electron chi connectivity index (χ1n) is 8.30. The molecule has 0 unspecified atom stereocenters. The van der Waals surface area contributed by atoms with Crippen LogP contribution in [0.25, 0.3) is 0 Å². The van der Waals surface area contributed by atoms with Gasteiger partial charge in [0.25, 0.3) is 0 Å². The Morgan fingerprint density at radius 2 is 1.81 bits per heavy atom. The Kier molecular flexibility index (Phi) is 11.4. The van der Waals surface area contributed by atoms with E-state index in [1.807, 2.05) is 48.9 Å². The zero-order valence-electron chi connectivity index (χ0n) is 15.4. The molecule has 0 bridgehead atoms. The second kappa shape index (κ2) is 12.3. The van der Waals surface area contributed by atoms with Crippen molar-refractivity contribution in [3.63, 3.8) is 0 Å². The Balaban J connectivity index is 0.00000338. The summed E-state index contributed by atoms with van der Waals surface area (Å²) in [6.07, 6.45) is 5.38. The van der Waals surface area contributed by atoms with Crippen LogP contribution in [0.1, 0.15) is 25.0 Å². The highest BCUT2D eigenvalue weighted by Gasteiger charge is 2.17. The maximum Gasteiger partial charge on any atom is 0.239 e. The highest BCUT2D eigenvalue weighted by Crippen LogP contribution is 2.10. The summed E-state index contributed by atoms with van der Waals surface area (Å²) < 4.78 is 1.97. The molecule has 9 heteroatoms. The first-order valence-corrected chi connectivity index (χ1v) is 8.30. The molecule has 0 saturated carbocycles. The number of carbonyl (C=O) groups excluding carboxylic acids is 2. The molecule has 1 heterocycles. The molecule has 2 aromatic rings. The summed E-state index contributed by atoms with van der Waals surface area (Å²) in [4.78, 5) is 27.8. The number of hydrogen-bond donors (Lipinski definition) is 3. The van der Waals surface area contributed by atoms with Crippen molar-refractivity contribution in [1.82, 2.24) is 20.2 Å². The van der Waals surface area contributed by atoms with Crippen LogP contribution in [0.5, 0.6) is 0 Å². The third-order valence-electron chi connectivity index (χ3n) is 3.95. The summed E-state index contributed by atoms with van der Waals surface area (Å²) in [5.41, 5.74) is 7.87. The van der Waals surface area contributed by atoms with E-state index in [4.69, 9.17) is 5.73 Å².